The molecule has 0 unspecified atom stereocenters. The third-order valence-electron chi connectivity index (χ3n) is 2.39. The second-order valence-corrected chi connectivity index (χ2v) is 6.04. The Bertz CT molecular complexity index is 567. The molecule has 0 aliphatic rings. The molecular weight excluding hydrogens is 314 g/mol. The summed E-state index contributed by atoms with van der Waals surface area (Å²) >= 11 is 5.86. The Morgan fingerprint density at radius 3 is 2.55 bits per heavy atom. The molecule has 1 rings (SSSR count). The highest BCUT2D eigenvalue weighted by atomic mass is 35.5. The Kier molecular flexibility index (Phi) is 6.12. The van der Waals surface area contributed by atoms with Crippen molar-refractivity contribution < 1.29 is 21.9 Å². The van der Waals surface area contributed by atoms with Crippen molar-refractivity contribution in [2.45, 2.75) is 17.9 Å². The zero-order chi connectivity index (χ0) is 15.3. The lowest BCUT2D eigenvalue weighted by atomic mass is 10.2. The number of sulfonamides is 1. The lowest BCUT2D eigenvalue weighted by molar-refractivity contribution is 0.153. The van der Waals surface area contributed by atoms with Crippen LogP contribution in [-0.2, 0) is 16.6 Å². The maximum atomic E-state index is 12.1. The fourth-order valence-electron chi connectivity index (χ4n) is 1.63. The summed E-state index contributed by atoms with van der Waals surface area (Å²) in [5, 5.41) is 3.02. The van der Waals surface area contributed by atoms with Crippen LogP contribution in [0.4, 0.5) is 8.78 Å². The average molecular weight is 329 g/mol. The summed E-state index contributed by atoms with van der Waals surface area (Å²) < 4.78 is 55.2. The predicted molar refractivity (Wildman–Crippen MR) is 72.0 cm³/mol. The quantitative estimate of drug-likeness (QED) is 0.798. The molecule has 20 heavy (non-hydrogen) atoms. The SMILES string of the molecule is CNCc1cc(Cl)cc(S(=O)(=O)NCC(F)F)c1OC. The first-order valence-corrected chi connectivity index (χ1v) is 7.46. The van der Waals surface area contributed by atoms with Gasteiger partial charge in [0, 0.05) is 17.1 Å². The van der Waals surface area contributed by atoms with E-state index in [9.17, 15) is 17.2 Å². The van der Waals surface area contributed by atoms with Crippen LogP contribution in [0.2, 0.25) is 5.02 Å². The highest BCUT2D eigenvalue weighted by Gasteiger charge is 2.23. The van der Waals surface area contributed by atoms with Crippen molar-refractivity contribution in [3.8, 4) is 5.75 Å². The van der Waals surface area contributed by atoms with Gasteiger partial charge >= 0.3 is 0 Å². The van der Waals surface area contributed by atoms with Crippen LogP contribution in [0.3, 0.4) is 0 Å². The van der Waals surface area contributed by atoms with Crippen molar-refractivity contribution in [2.75, 3.05) is 20.7 Å². The third kappa shape index (κ3) is 4.27. The minimum Gasteiger partial charge on any atom is -0.495 e. The number of rotatable bonds is 7. The van der Waals surface area contributed by atoms with Crippen LogP contribution in [0.15, 0.2) is 17.0 Å². The molecule has 0 amide bonds. The van der Waals surface area contributed by atoms with E-state index < -0.39 is 23.0 Å². The van der Waals surface area contributed by atoms with E-state index in [1.807, 2.05) is 4.72 Å². The van der Waals surface area contributed by atoms with Crippen LogP contribution >= 0.6 is 11.6 Å². The summed E-state index contributed by atoms with van der Waals surface area (Å²) in [6.45, 7) is -0.652. The first-order valence-electron chi connectivity index (χ1n) is 5.60. The van der Waals surface area contributed by atoms with Gasteiger partial charge in [-0.2, -0.15) is 0 Å². The number of alkyl halides is 2. The Hall–Kier alpha value is -0.960. The Labute approximate surface area is 121 Å². The lowest BCUT2D eigenvalue weighted by Gasteiger charge is -2.15. The molecule has 9 heteroatoms. The smallest absolute Gasteiger partial charge is 0.251 e. The second kappa shape index (κ2) is 7.16. The maximum Gasteiger partial charge on any atom is 0.251 e. The molecule has 0 radical (unpaired) electrons. The minimum atomic E-state index is -4.13. The zero-order valence-electron chi connectivity index (χ0n) is 10.9. The highest BCUT2D eigenvalue weighted by molar-refractivity contribution is 7.89. The van der Waals surface area contributed by atoms with Crippen LogP contribution < -0.4 is 14.8 Å². The standard InChI is InChI=1S/C11H15ClF2N2O3S/c1-15-5-7-3-8(12)4-9(11(7)19-2)20(17,18)16-6-10(13)14/h3-4,10,15-16H,5-6H2,1-2H3. The maximum absolute atomic E-state index is 12.1. The molecule has 0 atom stereocenters. The number of methoxy groups -OCH3 is 1. The normalized spacial score (nSPS) is 11.9. The van der Waals surface area contributed by atoms with Gasteiger partial charge in [0.15, 0.2) is 0 Å². The van der Waals surface area contributed by atoms with E-state index in [1.54, 1.807) is 13.1 Å². The van der Waals surface area contributed by atoms with Gasteiger partial charge in [-0.15, -0.1) is 0 Å². The van der Waals surface area contributed by atoms with Crippen LogP contribution in [0.5, 0.6) is 5.75 Å². The topological polar surface area (TPSA) is 67.4 Å². The fraction of sp³-hybridized carbons (Fsp3) is 0.455. The molecule has 0 aliphatic carbocycles. The molecule has 1 aromatic rings. The van der Waals surface area contributed by atoms with Crippen molar-refractivity contribution in [2.24, 2.45) is 0 Å². The van der Waals surface area contributed by atoms with E-state index in [4.69, 9.17) is 16.3 Å². The van der Waals surface area contributed by atoms with Gasteiger partial charge in [-0.1, -0.05) is 11.6 Å². The van der Waals surface area contributed by atoms with Crippen LogP contribution in [0.1, 0.15) is 5.56 Å². The molecule has 0 aromatic heterocycles. The number of hydrogen-bond acceptors (Lipinski definition) is 4. The number of nitrogens with one attached hydrogen (secondary N) is 2. The summed E-state index contributed by atoms with van der Waals surface area (Å²) in [6.07, 6.45) is -2.79. The number of hydrogen-bond donors (Lipinski definition) is 2. The molecule has 1 aromatic carbocycles. The number of ether oxygens (including phenoxy) is 1. The van der Waals surface area contributed by atoms with Gasteiger partial charge in [0.1, 0.15) is 10.6 Å². The zero-order valence-corrected chi connectivity index (χ0v) is 12.5. The van der Waals surface area contributed by atoms with Crippen molar-refractivity contribution in [3.63, 3.8) is 0 Å². The van der Waals surface area contributed by atoms with Crippen LogP contribution in [0, 0.1) is 0 Å². The lowest BCUT2D eigenvalue weighted by Crippen LogP contribution is -2.29. The average Bonchev–Trinajstić information content (AvgIpc) is 2.36. The Morgan fingerprint density at radius 1 is 1.40 bits per heavy atom. The predicted octanol–water partition coefficient (Wildman–Crippen LogP) is 1.61. The molecule has 5 nitrogen and oxygen atoms in total. The highest BCUT2D eigenvalue weighted by Crippen LogP contribution is 2.31. The first-order chi connectivity index (χ1) is 9.31. The van der Waals surface area contributed by atoms with Gasteiger partial charge in [0.05, 0.1) is 13.7 Å². The molecule has 114 valence electrons. The first kappa shape index (κ1) is 17.1. The molecule has 0 fully saturated rings. The van der Waals surface area contributed by atoms with Crippen molar-refractivity contribution in [3.05, 3.63) is 22.7 Å². The summed E-state index contributed by atoms with van der Waals surface area (Å²) in [7, 11) is -1.16. The van der Waals surface area contributed by atoms with Gasteiger partial charge in [0.25, 0.3) is 6.43 Å². The van der Waals surface area contributed by atoms with E-state index in [0.717, 1.165) is 6.07 Å². The van der Waals surface area contributed by atoms with E-state index >= 15 is 0 Å². The van der Waals surface area contributed by atoms with Crippen molar-refractivity contribution in [1.29, 1.82) is 0 Å². The van der Waals surface area contributed by atoms with Crippen molar-refractivity contribution in [1.82, 2.24) is 10.0 Å². The van der Waals surface area contributed by atoms with E-state index in [0.29, 0.717) is 12.1 Å². The van der Waals surface area contributed by atoms with E-state index in [1.165, 1.54) is 7.11 Å². The Balaban J connectivity index is 3.28. The van der Waals surface area contributed by atoms with Crippen LogP contribution in [-0.4, -0.2) is 35.5 Å². The molecular formula is C11H15ClF2N2O3S. The second-order valence-electron chi connectivity index (χ2n) is 3.87. The molecule has 0 saturated heterocycles. The molecule has 0 heterocycles. The van der Waals surface area contributed by atoms with Crippen molar-refractivity contribution >= 4 is 21.6 Å². The minimum absolute atomic E-state index is 0.0746. The van der Waals surface area contributed by atoms with Gasteiger partial charge in [-0.3, -0.25) is 0 Å². The summed E-state index contributed by atoms with van der Waals surface area (Å²) in [6, 6.07) is 2.70. The van der Waals surface area contributed by atoms with Gasteiger partial charge in [-0.25, -0.2) is 21.9 Å². The van der Waals surface area contributed by atoms with E-state index in [-0.39, 0.29) is 15.7 Å². The summed E-state index contributed by atoms with van der Waals surface area (Å²) in [5.74, 6) is 0.0746. The summed E-state index contributed by atoms with van der Waals surface area (Å²) in [5.41, 5.74) is 0.514. The Morgan fingerprint density at radius 2 is 2.05 bits per heavy atom. The fourth-order valence-corrected chi connectivity index (χ4v) is 3.17. The molecule has 0 bridgehead atoms. The number of halogens is 3. The van der Waals surface area contributed by atoms with Gasteiger partial charge in [-0.05, 0) is 19.2 Å². The van der Waals surface area contributed by atoms with Gasteiger partial charge in [0.2, 0.25) is 10.0 Å². The third-order valence-corrected chi connectivity index (χ3v) is 4.03. The van der Waals surface area contributed by atoms with Gasteiger partial charge < -0.3 is 10.1 Å². The molecule has 0 aliphatic heterocycles. The van der Waals surface area contributed by atoms with Crippen LogP contribution in [0.25, 0.3) is 0 Å². The number of benzene rings is 1. The summed E-state index contributed by atoms with van der Waals surface area (Å²) in [4.78, 5) is -0.265. The monoisotopic (exact) mass is 328 g/mol. The largest absolute Gasteiger partial charge is 0.495 e. The van der Waals surface area contributed by atoms with E-state index in [2.05, 4.69) is 5.32 Å². The molecule has 2 N–H and O–H groups in total. The molecule has 0 saturated carbocycles. The molecule has 0 spiro atoms.